The molecule has 92 valence electrons. The minimum absolute atomic E-state index is 0.567. The second kappa shape index (κ2) is 4.62. The van der Waals surface area contributed by atoms with Crippen molar-refractivity contribution in [3.05, 3.63) is 12.2 Å². The van der Waals surface area contributed by atoms with Crippen molar-refractivity contribution < 1.29 is 0 Å². The number of alkyl halides is 1. The predicted molar refractivity (Wildman–Crippen MR) is 80.0 cm³/mol. The van der Waals surface area contributed by atoms with Crippen LogP contribution in [0.1, 0.15) is 52.9 Å². The van der Waals surface area contributed by atoms with Gasteiger partial charge in [0.25, 0.3) is 0 Å². The molecule has 5 atom stereocenters. The third kappa shape index (κ3) is 2.09. The first-order valence-electron chi connectivity index (χ1n) is 6.79. The Morgan fingerprint density at radius 2 is 1.88 bits per heavy atom. The average Bonchev–Trinajstić information content (AvgIpc) is 2.23. The van der Waals surface area contributed by atoms with Crippen LogP contribution in [-0.4, -0.2) is 3.42 Å². The lowest BCUT2D eigenvalue weighted by Crippen LogP contribution is -2.49. The van der Waals surface area contributed by atoms with Gasteiger partial charge in [-0.05, 0) is 56.3 Å². The van der Waals surface area contributed by atoms with Crippen molar-refractivity contribution >= 4 is 22.6 Å². The lowest BCUT2D eigenvalue weighted by atomic mass is 9.59. The Morgan fingerprint density at radius 3 is 2.50 bits per heavy atom. The van der Waals surface area contributed by atoms with E-state index >= 15 is 0 Å². The van der Waals surface area contributed by atoms with Crippen molar-refractivity contribution in [3.8, 4) is 0 Å². The summed E-state index contributed by atoms with van der Waals surface area (Å²) >= 11 is 2.82. The molecule has 2 aliphatic rings. The zero-order valence-corrected chi connectivity index (χ0v) is 13.1. The van der Waals surface area contributed by atoms with Gasteiger partial charge < -0.3 is 0 Å². The maximum atomic E-state index is 4.19. The van der Waals surface area contributed by atoms with Gasteiger partial charge in [0.2, 0.25) is 0 Å². The summed E-state index contributed by atoms with van der Waals surface area (Å²) in [6.45, 7) is 11.4. The molecule has 0 heterocycles. The Morgan fingerprint density at radius 1 is 1.19 bits per heavy atom. The number of rotatable bonds is 1. The van der Waals surface area contributed by atoms with Gasteiger partial charge in [0, 0.05) is 3.42 Å². The molecule has 2 unspecified atom stereocenters. The summed E-state index contributed by atoms with van der Waals surface area (Å²) in [4.78, 5) is 0. The van der Waals surface area contributed by atoms with E-state index in [2.05, 4.69) is 49.9 Å². The second-order valence-corrected chi connectivity index (χ2v) is 8.32. The van der Waals surface area contributed by atoms with Crippen LogP contribution < -0.4 is 0 Å². The van der Waals surface area contributed by atoms with E-state index in [1.54, 1.807) is 0 Å². The second-order valence-electron chi connectivity index (χ2n) is 6.31. The molecular formula is C15H25I. The van der Waals surface area contributed by atoms with Crippen LogP contribution in [0.25, 0.3) is 0 Å². The maximum absolute atomic E-state index is 4.19. The molecule has 2 fully saturated rings. The number of allylic oxidation sites excluding steroid dienone is 1. The zero-order chi connectivity index (χ0) is 11.9. The third-order valence-electron chi connectivity index (χ3n) is 5.26. The molecule has 0 aromatic rings. The average molecular weight is 332 g/mol. The topological polar surface area (TPSA) is 0 Å². The fraction of sp³-hybridized carbons (Fsp3) is 0.867. The molecular weight excluding hydrogens is 307 g/mol. The van der Waals surface area contributed by atoms with Crippen LogP contribution in [-0.2, 0) is 0 Å². The molecule has 1 heteroatoms. The Bertz CT molecular complexity index is 283. The molecule has 0 aromatic carbocycles. The molecule has 0 N–H and O–H groups in total. The van der Waals surface area contributed by atoms with Gasteiger partial charge in [-0.25, -0.2) is 0 Å². The van der Waals surface area contributed by atoms with Gasteiger partial charge >= 0.3 is 0 Å². The van der Waals surface area contributed by atoms with Crippen molar-refractivity contribution in [1.29, 1.82) is 0 Å². The summed E-state index contributed by atoms with van der Waals surface area (Å²) in [6.07, 6.45) is 7.10. The molecule has 0 radical (unpaired) electrons. The van der Waals surface area contributed by atoms with Gasteiger partial charge in [0.1, 0.15) is 0 Å². The summed E-state index contributed by atoms with van der Waals surface area (Å²) in [5.74, 6) is 3.60. The minimum Gasteiger partial charge on any atom is -0.0999 e. The summed E-state index contributed by atoms with van der Waals surface area (Å²) in [5.41, 5.74) is 1.42. The highest BCUT2D eigenvalue weighted by atomic mass is 127. The summed E-state index contributed by atoms with van der Waals surface area (Å²) in [6, 6.07) is 0. The highest BCUT2D eigenvalue weighted by Crippen LogP contribution is 2.56. The molecule has 0 spiro atoms. The fourth-order valence-electron chi connectivity index (χ4n) is 3.95. The van der Waals surface area contributed by atoms with Gasteiger partial charge in [-0.1, -0.05) is 55.0 Å². The van der Waals surface area contributed by atoms with Crippen molar-refractivity contribution in [1.82, 2.24) is 0 Å². The van der Waals surface area contributed by atoms with E-state index in [4.69, 9.17) is 0 Å². The third-order valence-corrected chi connectivity index (χ3v) is 7.56. The molecule has 16 heavy (non-hydrogen) atoms. The van der Waals surface area contributed by atoms with Crippen LogP contribution >= 0.6 is 22.6 Å². The van der Waals surface area contributed by atoms with Crippen LogP contribution in [0, 0.1) is 23.7 Å². The quantitative estimate of drug-likeness (QED) is 0.351. The summed E-state index contributed by atoms with van der Waals surface area (Å²) in [7, 11) is 0. The van der Waals surface area contributed by atoms with Crippen molar-refractivity contribution in [2.75, 3.05) is 0 Å². The van der Waals surface area contributed by atoms with E-state index in [0.29, 0.717) is 3.42 Å². The predicted octanol–water partition coefficient (Wildman–Crippen LogP) is 5.22. The lowest BCUT2D eigenvalue weighted by molar-refractivity contribution is 0.0902. The van der Waals surface area contributed by atoms with Crippen molar-refractivity contribution in [3.63, 3.8) is 0 Å². The first-order chi connectivity index (χ1) is 7.45. The molecule has 2 rings (SSSR count). The number of hydrogen-bond acceptors (Lipinski definition) is 0. The first-order valence-corrected chi connectivity index (χ1v) is 7.87. The number of hydrogen-bond donors (Lipinski definition) is 0. The molecule has 0 bridgehead atoms. The molecule has 0 saturated heterocycles. The zero-order valence-electron chi connectivity index (χ0n) is 10.9. The van der Waals surface area contributed by atoms with E-state index in [0.717, 1.165) is 23.7 Å². The van der Waals surface area contributed by atoms with Gasteiger partial charge in [-0.3, -0.25) is 0 Å². The standard InChI is InChI=1S/C15H25I/c1-10(2)13-7-8-14-11(3)5-6-12(4)15(14,16)9-13/h11-14H,1,5-9H2,2-4H3/t11?,12-,13-,14?,15-/m1/s1. The summed E-state index contributed by atoms with van der Waals surface area (Å²) in [5, 5.41) is 0. The van der Waals surface area contributed by atoms with Crippen LogP contribution in [0.4, 0.5) is 0 Å². The van der Waals surface area contributed by atoms with Crippen LogP contribution in [0.15, 0.2) is 12.2 Å². The highest BCUT2D eigenvalue weighted by molar-refractivity contribution is 14.1. The lowest BCUT2D eigenvalue weighted by Gasteiger charge is -2.53. The van der Waals surface area contributed by atoms with Gasteiger partial charge in [0.15, 0.2) is 0 Å². The van der Waals surface area contributed by atoms with Gasteiger partial charge in [-0.15, -0.1) is 0 Å². The summed E-state index contributed by atoms with van der Waals surface area (Å²) < 4.78 is 0.567. The van der Waals surface area contributed by atoms with Crippen molar-refractivity contribution in [2.45, 2.75) is 56.3 Å². The van der Waals surface area contributed by atoms with Crippen molar-refractivity contribution in [2.24, 2.45) is 23.7 Å². The largest absolute Gasteiger partial charge is 0.0999 e. The number of fused-ring (bicyclic) bond motifs is 1. The van der Waals surface area contributed by atoms with E-state index in [9.17, 15) is 0 Å². The van der Waals surface area contributed by atoms with E-state index < -0.39 is 0 Å². The van der Waals surface area contributed by atoms with Crippen LogP contribution in [0.3, 0.4) is 0 Å². The van der Waals surface area contributed by atoms with Crippen LogP contribution in [0.5, 0.6) is 0 Å². The minimum atomic E-state index is 0.567. The maximum Gasteiger partial charge on any atom is 0.0284 e. The Labute approximate surface area is 114 Å². The van der Waals surface area contributed by atoms with Gasteiger partial charge in [-0.2, -0.15) is 0 Å². The molecule has 0 nitrogen and oxygen atoms in total. The van der Waals surface area contributed by atoms with E-state index in [1.807, 2.05) is 0 Å². The molecule has 2 saturated carbocycles. The Balaban J connectivity index is 2.20. The smallest absolute Gasteiger partial charge is 0.0284 e. The normalized spacial score (nSPS) is 48.5. The fourth-order valence-corrected chi connectivity index (χ4v) is 5.72. The first kappa shape index (κ1) is 12.9. The molecule has 0 aromatic heterocycles. The molecule has 0 aliphatic heterocycles. The molecule has 2 aliphatic carbocycles. The molecule has 0 amide bonds. The van der Waals surface area contributed by atoms with E-state index in [1.165, 1.54) is 37.7 Å². The monoisotopic (exact) mass is 332 g/mol. The van der Waals surface area contributed by atoms with Gasteiger partial charge in [0.05, 0.1) is 0 Å². The van der Waals surface area contributed by atoms with Crippen LogP contribution in [0.2, 0.25) is 0 Å². The van der Waals surface area contributed by atoms with E-state index in [-0.39, 0.29) is 0 Å². The Hall–Kier alpha value is 0.470. The highest BCUT2D eigenvalue weighted by Gasteiger charge is 2.49. The number of halogens is 1. The SMILES string of the molecule is C=C(C)[C@@H]1CCC2C(C)CC[C@@H](C)[C@]2(I)C1. The Kier molecular flexibility index (Phi) is 3.73.